The van der Waals surface area contributed by atoms with Gasteiger partial charge in [0.25, 0.3) is 5.91 Å². The summed E-state index contributed by atoms with van der Waals surface area (Å²) in [5, 5.41) is 9.56. The molecule has 0 saturated heterocycles. The third-order valence-corrected chi connectivity index (χ3v) is 6.53. The Morgan fingerprint density at radius 3 is 1.77 bits per heavy atom. The van der Waals surface area contributed by atoms with Gasteiger partial charge in [-0.25, -0.2) is 9.78 Å². The van der Waals surface area contributed by atoms with E-state index in [4.69, 9.17) is 15.3 Å². The molecule has 3 N–H and O–H groups in total. The van der Waals surface area contributed by atoms with E-state index in [2.05, 4.69) is 22.0 Å². The van der Waals surface area contributed by atoms with E-state index < -0.39 is 28.8 Å². The van der Waals surface area contributed by atoms with Crippen molar-refractivity contribution >= 4 is 34.1 Å². The Kier molecular flexibility index (Phi) is 8.45. The molecular formula is C31H30N4O4S. The lowest BCUT2D eigenvalue weighted by Crippen LogP contribution is -2.38. The van der Waals surface area contributed by atoms with E-state index in [9.17, 15) is 9.59 Å². The van der Waals surface area contributed by atoms with E-state index in [1.54, 1.807) is 26.2 Å². The molecule has 0 radical (unpaired) electrons. The van der Waals surface area contributed by atoms with Crippen LogP contribution in [-0.2, 0) is 24.7 Å². The summed E-state index contributed by atoms with van der Waals surface area (Å²) in [4.78, 5) is 34.2. The topological polar surface area (TPSA) is 116 Å². The van der Waals surface area contributed by atoms with Gasteiger partial charge in [0.1, 0.15) is 16.8 Å². The number of anilines is 1. The minimum absolute atomic E-state index is 0.181. The molecule has 0 unspecified atom stereocenters. The predicted octanol–water partition coefficient (Wildman–Crippen LogP) is 5.61. The Balaban J connectivity index is 1.73. The molecule has 0 spiro atoms. The highest BCUT2D eigenvalue weighted by atomic mass is 32.1. The van der Waals surface area contributed by atoms with Crippen LogP contribution in [0.3, 0.4) is 0 Å². The Morgan fingerprint density at radius 2 is 1.35 bits per heavy atom. The van der Waals surface area contributed by atoms with Crippen LogP contribution in [0.15, 0.2) is 114 Å². The van der Waals surface area contributed by atoms with Crippen LogP contribution in [-0.4, -0.2) is 28.2 Å². The van der Waals surface area contributed by atoms with E-state index in [0.717, 1.165) is 16.7 Å². The number of hydrogen-bond donors (Lipinski definition) is 2. The van der Waals surface area contributed by atoms with Crippen molar-refractivity contribution in [3.8, 4) is 0 Å². The molecule has 3 aromatic carbocycles. The van der Waals surface area contributed by atoms with E-state index in [1.165, 1.54) is 11.3 Å². The van der Waals surface area contributed by atoms with Crippen molar-refractivity contribution in [3.63, 3.8) is 0 Å². The van der Waals surface area contributed by atoms with Crippen molar-refractivity contribution < 1.29 is 19.2 Å². The first kappa shape index (κ1) is 28.3. The van der Waals surface area contributed by atoms with Gasteiger partial charge in [-0.05, 0) is 44.0 Å². The highest BCUT2D eigenvalue weighted by molar-refractivity contribution is 7.14. The van der Waals surface area contributed by atoms with Crippen LogP contribution in [0.2, 0.25) is 0 Å². The molecule has 0 fully saturated rings. The zero-order chi connectivity index (χ0) is 28.8. The Bertz CT molecular complexity index is 1410. The second-order valence-electron chi connectivity index (χ2n) is 9.83. The summed E-state index contributed by atoms with van der Waals surface area (Å²) in [7, 11) is 0. The number of thiazole rings is 1. The first-order chi connectivity index (χ1) is 19.1. The van der Waals surface area contributed by atoms with Gasteiger partial charge >= 0.3 is 5.97 Å². The molecule has 4 rings (SSSR count). The maximum Gasteiger partial charge on any atom is 0.376 e. The van der Waals surface area contributed by atoms with Crippen LogP contribution in [0.1, 0.15) is 43.2 Å². The average molecular weight is 555 g/mol. The number of rotatable bonds is 10. The number of hydrogen-bond acceptors (Lipinski definition) is 8. The molecule has 4 aromatic rings. The molecule has 0 aliphatic heterocycles. The molecule has 9 heteroatoms. The van der Waals surface area contributed by atoms with Gasteiger partial charge in [-0.3, -0.25) is 4.79 Å². The van der Waals surface area contributed by atoms with Gasteiger partial charge in [0, 0.05) is 5.38 Å². The monoisotopic (exact) mass is 554 g/mol. The van der Waals surface area contributed by atoms with Crippen LogP contribution in [0, 0.1) is 0 Å². The number of oxime groups is 1. The van der Waals surface area contributed by atoms with Crippen molar-refractivity contribution in [2.45, 2.75) is 31.9 Å². The lowest BCUT2D eigenvalue weighted by Gasteiger charge is -2.36. The molecule has 0 bridgehead atoms. The second kappa shape index (κ2) is 12.0. The molecule has 0 aliphatic rings. The first-order valence-electron chi connectivity index (χ1n) is 12.5. The van der Waals surface area contributed by atoms with Gasteiger partial charge in [-0.1, -0.05) is 96.2 Å². The van der Waals surface area contributed by atoms with Crippen LogP contribution in [0.5, 0.6) is 0 Å². The zero-order valence-electron chi connectivity index (χ0n) is 22.5. The average Bonchev–Trinajstić information content (AvgIpc) is 3.40. The number of nitrogens with one attached hydrogen (secondary N) is 1. The van der Waals surface area contributed by atoms with E-state index in [-0.39, 0.29) is 11.4 Å². The largest absolute Gasteiger partial charge is 0.454 e. The number of carbonyl (C=O) groups is 2. The van der Waals surface area contributed by atoms with Crippen LogP contribution < -0.4 is 11.1 Å². The molecule has 0 aliphatic carbocycles. The molecule has 40 heavy (non-hydrogen) atoms. The zero-order valence-corrected chi connectivity index (χ0v) is 23.3. The number of ether oxygens (including phenoxy) is 1. The quantitative estimate of drug-likeness (QED) is 0.0658. The third kappa shape index (κ3) is 6.44. The van der Waals surface area contributed by atoms with Gasteiger partial charge in [0.15, 0.2) is 10.8 Å². The number of benzene rings is 3. The summed E-state index contributed by atoms with van der Waals surface area (Å²) in [6.45, 7) is 8.66. The summed E-state index contributed by atoms with van der Waals surface area (Å²) in [5.74, 6) is -2.08. The van der Waals surface area contributed by atoms with E-state index in [0.29, 0.717) is 5.13 Å². The predicted molar refractivity (Wildman–Crippen MR) is 157 cm³/mol. The van der Waals surface area contributed by atoms with Crippen molar-refractivity contribution in [3.05, 3.63) is 131 Å². The number of primary amides is 1. The molecule has 0 saturated carbocycles. The Hall–Kier alpha value is -4.76. The lowest BCUT2D eigenvalue weighted by molar-refractivity contribution is -0.154. The normalized spacial score (nSPS) is 11.9. The van der Waals surface area contributed by atoms with Crippen LogP contribution in [0.25, 0.3) is 0 Å². The smallest absolute Gasteiger partial charge is 0.376 e. The van der Waals surface area contributed by atoms with Crippen molar-refractivity contribution in [2.24, 2.45) is 10.9 Å². The van der Waals surface area contributed by atoms with Crippen molar-refractivity contribution in [1.29, 1.82) is 0 Å². The molecule has 1 aromatic heterocycles. The first-order valence-corrected chi connectivity index (χ1v) is 13.4. The fourth-order valence-corrected chi connectivity index (χ4v) is 4.82. The van der Waals surface area contributed by atoms with E-state index >= 15 is 0 Å². The van der Waals surface area contributed by atoms with Gasteiger partial charge in [-0.15, -0.1) is 11.3 Å². The summed E-state index contributed by atoms with van der Waals surface area (Å²) in [5.41, 5.74) is 6.91. The summed E-state index contributed by atoms with van der Waals surface area (Å²) < 4.78 is 5.21. The van der Waals surface area contributed by atoms with Gasteiger partial charge < -0.3 is 20.6 Å². The maximum absolute atomic E-state index is 12.3. The number of amides is 1. The highest BCUT2D eigenvalue weighted by Crippen LogP contribution is 2.40. The van der Waals surface area contributed by atoms with E-state index in [1.807, 2.05) is 91.0 Å². The van der Waals surface area contributed by atoms with Crippen molar-refractivity contribution in [2.75, 3.05) is 5.32 Å². The van der Waals surface area contributed by atoms with Crippen molar-refractivity contribution in [1.82, 2.24) is 4.98 Å². The summed E-state index contributed by atoms with van der Waals surface area (Å²) in [6, 6.07) is 30.1. The van der Waals surface area contributed by atoms with Gasteiger partial charge in [-0.2, -0.15) is 0 Å². The fourth-order valence-electron chi connectivity index (χ4n) is 4.07. The second-order valence-corrected chi connectivity index (χ2v) is 10.7. The molecule has 8 nitrogen and oxygen atoms in total. The minimum Gasteiger partial charge on any atom is -0.454 e. The summed E-state index contributed by atoms with van der Waals surface area (Å²) in [6.07, 6.45) is 0. The third-order valence-electron chi connectivity index (χ3n) is 5.77. The standard InChI is InChI=1S/C31H30N4O4S/c1-21(28(37)38-30(2,3)4)39-35-26(27(32)36)25-20-40-29(33-25)34-31(22-14-8-5-9-15-22,23-16-10-6-11-17-23)24-18-12-7-13-19-24/h5-20H,1H2,2-4H3,(H2,32,36)(H,33,34). The number of nitrogens with zero attached hydrogens (tertiary/aromatic N) is 2. The fraction of sp³-hybridized carbons (Fsp3) is 0.161. The SMILES string of the molecule is C=C(ON=C(C(N)=O)c1csc(NC(c2ccccc2)(c2ccccc2)c2ccccc2)n1)C(=O)OC(C)(C)C. The molecule has 204 valence electrons. The molecule has 1 heterocycles. The van der Waals surface area contributed by atoms with Crippen LogP contribution in [0.4, 0.5) is 5.13 Å². The number of esters is 1. The van der Waals surface area contributed by atoms with Gasteiger partial charge in [0.05, 0.1) is 0 Å². The molecule has 1 amide bonds. The number of carbonyl (C=O) groups excluding carboxylic acids is 2. The number of nitrogens with two attached hydrogens (primary N) is 1. The maximum atomic E-state index is 12.3. The Morgan fingerprint density at radius 1 is 0.875 bits per heavy atom. The molecular weight excluding hydrogens is 524 g/mol. The minimum atomic E-state index is -0.880. The van der Waals surface area contributed by atoms with Crippen LogP contribution >= 0.6 is 11.3 Å². The number of aromatic nitrogens is 1. The molecule has 0 atom stereocenters. The summed E-state index contributed by atoms with van der Waals surface area (Å²) >= 11 is 1.27. The Labute approximate surface area is 237 Å². The lowest BCUT2D eigenvalue weighted by atomic mass is 9.77. The highest BCUT2D eigenvalue weighted by Gasteiger charge is 2.37. The van der Waals surface area contributed by atoms with Gasteiger partial charge in [0.2, 0.25) is 5.76 Å².